The topological polar surface area (TPSA) is 43.6 Å². The van der Waals surface area contributed by atoms with Gasteiger partial charge in [0, 0.05) is 6.20 Å². The first-order valence-electron chi connectivity index (χ1n) is 2.63. The summed E-state index contributed by atoms with van der Waals surface area (Å²) in [5.74, 6) is 0. The highest BCUT2D eigenvalue weighted by molar-refractivity contribution is 5.54. The first-order valence-corrected chi connectivity index (χ1v) is 2.63. The van der Waals surface area contributed by atoms with E-state index in [-0.39, 0.29) is 0 Å². The molecule has 0 saturated carbocycles. The highest BCUT2D eigenvalue weighted by atomic mass is 15.9. The third-order valence-corrected chi connectivity index (χ3v) is 1.12. The van der Waals surface area contributed by atoms with Crippen LogP contribution in [-0.4, -0.2) is 23.1 Å². The summed E-state index contributed by atoms with van der Waals surface area (Å²) in [6.07, 6.45) is 5.20. The van der Waals surface area contributed by atoms with Crippen molar-refractivity contribution in [3.05, 3.63) is 12.3 Å². The molecule has 5 heteroatoms. The van der Waals surface area contributed by atoms with Crippen molar-refractivity contribution in [2.24, 2.45) is 15.4 Å². The normalized spacial score (nSPS) is 21.3. The number of fused-ring (bicyclic) bond motifs is 1. The lowest BCUT2D eigenvalue weighted by Gasteiger charge is -2.20. The highest BCUT2D eigenvalue weighted by Gasteiger charge is 2.13. The Kier molecular flexibility index (Phi) is 0.769. The molecule has 0 bridgehead atoms. The van der Waals surface area contributed by atoms with Crippen LogP contribution in [0, 0.1) is 0 Å². The van der Waals surface area contributed by atoms with Crippen LogP contribution >= 0.6 is 0 Å². The molecule has 0 aromatic rings. The molecule has 0 atom stereocenters. The number of nitrogens with zero attached hydrogens (tertiary/aromatic N) is 5. The Balaban J connectivity index is 2.25. The van der Waals surface area contributed by atoms with E-state index >= 15 is 0 Å². The van der Waals surface area contributed by atoms with Crippen molar-refractivity contribution in [3.8, 4) is 0 Å². The second kappa shape index (κ2) is 1.54. The maximum atomic E-state index is 3.90. The zero-order chi connectivity index (χ0) is 6.10. The molecule has 2 aliphatic rings. The molecular formula is C4H5N5. The fourth-order valence-electron chi connectivity index (χ4n) is 0.731. The highest BCUT2D eigenvalue weighted by Crippen LogP contribution is 2.10. The summed E-state index contributed by atoms with van der Waals surface area (Å²) in [7, 11) is 0. The van der Waals surface area contributed by atoms with Crippen molar-refractivity contribution in [3.63, 3.8) is 0 Å². The summed E-state index contributed by atoms with van der Waals surface area (Å²) < 4.78 is 0. The van der Waals surface area contributed by atoms with E-state index in [0.717, 1.165) is 6.54 Å². The van der Waals surface area contributed by atoms with E-state index in [0.29, 0.717) is 0 Å². The van der Waals surface area contributed by atoms with E-state index in [1.165, 1.54) is 6.34 Å². The van der Waals surface area contributed by atoms with Crippen LogP contribution in [0.2, 0.25) is 0 Å². The molecule has 0 unspecified atom stereocenters. The quantitative estimate of drug-likeness (QED) is 0.466. The Morgan fingerprint density at radius 1 is 1.44 bits per heavy atom. The average molecular weight is 123 g/mol. The predicted molar refractivity (Wildman–Crippen MR) is 31.0 cm³/mol. The van der Waals surface area contributed by atoms with Gasteiger partial charge in [0.15, 0.2) is 6.34 Å². The number of hydrogen-bond acceptors (Lipinski definition) is 5. The maximum Gasteiger partial charge on any atom is 0.162 e. The van der Waals surface area contributed by atoms with Gasteiger partial charge in [-0.3, -0.25) is 0 Å². The van der Waals surface area contributed by atoms with Gasteiger partial charge in [-0.1, -0.05) is 0 Å². The van der Waals surface area contributed by atoms with Gasteiger partial charge in [0.1, 0.15) is 0 Å². The third kappa shape index (κ3) is 0.576. The SMILES string of the molecule is C1=CN2N=NC=NN2C1. The van der Waals surface area contributed by atoms with Crippen molar-refractivity contribution in [1.82, 2.24) is 10.2 Å². The summed E-state index contributed by atoms with van der Waals surface area (Å²) in [6, 6.07) is 0. The van der Waals surface area contributed by atoms with Crippen LogP contribution in [-0.2, 0) is 0 Å². The molecule has 0 aromatic heterocycles. The van der Waals surface area contributed by atoms with Crippen molar-refractivity contribution in [1.29, 1.82) is 0 Å². The minimum absolute atomic E-state index is 0.787. The van der Waals surface area contributed by atoms with Crippen LogP contribution in [0.3, 0.4) is 0 Å². The van der Waals surface area contributed by atoms with Gasteiger partial charge in [-0.25, -0.2) is 0 Å². The van der Waals surface area contributed by atoms with E-state index in [9.17, 15) is 0 Å². The van der Waals surface area contributed by atoms with Crippen LogP contribution < -0.4 is 0 Å². The summed E-state index contributed by atoms with van der Waals surface area (Å²) in [5.41, 5.74) is 0. The van der Waals surface area contributed by atoms with Crippen molar-refractivity contribution >= 4 is 6.34 Å². The summed E-state index contributed by atoms with van der Waals surface area (Å²) >= 11 is 0. The van der Waals surface area contributed by atoms with E-state index in [2.05, 4.69) is 15.4 Å². The number of hydrazone groups is 1. The Labute approximate surface area is 51.9 Å². The monoisotopic (exact) mass is 123 g/mol. The molecule has 0 N–H and O–H groups in total. The molecule has 0 saturated heterocycles. The maximum absolute atomic E-state index is 3.90. The Hall–Kier alpha value is -1.39. The van der Waals surface area contributed by atoms with Gasteiger partial charge in [0.25, 0.3) is 0 Å². The lowest BCUT2D eigenvalue weighted by Crippen LogP contribution is -2.27. The van der Waals surface area contributed by atoms with Crippen LogP contribution in [0.5, 0.6) is 0 Å². The summed E-state index contributed by atoms with van der Waals surface area (Å²) in [6.45, 7) is 0.787. The average Bonchev–Trinajstić information content (AvgIpc) is 2.33. The van der Waals surface area contributed by atoms with Gasteiger partial charge in [0.05, 0.1) is 6.54 Å². The minimum atomic E-state index is 0.787. The first-order chi connectivity index (χ1) is 4.47. The van der Waals surface area contributed by atoms with Crippen LogP contribution in [0.15, 0.2) is 27.7 Å². The Morgan fingerprint density at radius 2 is 2.44 bits per heavy atom. The smallest absolute Gasteiger partial charge is 0.162 e. The molecule has 0 radical (unpaired) electrons. The second-order valence-corrected chi connectivity index (χ2v) is 1.70. The van der Waals surface area contributed by atoms with Gasteiger partial charge < -0.3 is 0 Å². The Morgan fingerprint density at radius 3 is 3.33 bits per heavy atom. The van der Waals surface area contributed by atoms with Crippen LogP contribution in [0.25, 0.3) is 0 Å². The predicted octanol–water partition coefficient (Wildman–Crippen LogP) is 0.357. The second-order valence-electron chi connectivity index (χ2n) is 1.70. The van der Waals surface area contributed by atoms with Gasteiger partial charge >= 0.3 is 0 Å². The molecule has 2 rings (SSSR count). The van der Waals surface area contributed by atoms with Crippen LogP contribution in [0.1, 0.15) is 0 Å². The van der Waals surface area contributed by atoms with E-state index in [1.54, 1.807) is 10.2 Å². The Bertz CT molecular complexity index is 193. The van der Waals surface area contributed by atoms with Gasteiger partial charge in [-0.15, -0.1) is 15.3 Å². The summed E-state index contributed by atoms with van der Waals surface area (Å²) in [5, 5.41) is 14.5. The molecular weight excluding hydrogens is 118 g/mol. The zero-order valence-electron chi connectivity index (χ0n) is 4.68. The molecule has 2 aliphatic heterocycles. The number of rotatable bonds is 0. The minimum Gasteiger partial charge on any atom is -0.178 e. The van der Waals surface area contributed by atoms with Gasteiger partial charge in [-0.05, 0) is 11.3 Å². The molecule has 0 spiro atoms. The van der Waals surface area contributed by atoms with Crippen molar-refractivity contribution < 1.29 is 0 Å². The molecule has 0 amide bonds. The first kappa shape index (κ1) is 4.49. The number of hydrazine groups is 1. The van der Waals surface area contributed by atoms with Crippen molar-refractivity contribution in [2.45, 2.75) is 0 Å². The van der Waals surface area contributed by atoms with E-state index < -0.39 is 0 Å². The molecule has 0 aromatic carbocycles. The molecule has 0 aliphatic carbocycles. The van der Waals surface area contributed by atoms with Gasteiger partial charge in [0.2, 0.25) is 0 Å². The third-order valence-electron chi connectivity index (χ3n) is 1.12. The molecule has 9 heavy (non-hydrogen) atoms. The number of hydrogen-bond donors (Lipinski definition) is 0. The van der Waals surface area contributed by atoms with E-state index in [1.807, 2.05) is 12.3 Å². The van der Waals surface area contributed by atoms with E-state index in [4.69, 9.17) is 0 Å². The molecule has 46 valence electrons. The molecule has 2 heterocycles. The van der Waals surface area contributed by atoms with Crippen molar-refractivity contribution in [2.75, 3.05) is 6.54 Å². The lowest BCUT2D eigenvalue weighted by molar-refractivity contribution is 0.0444. The fourth-order valence-corrected chi connectivity index (χ4v) is 0.731. The standard InChI is InChI=1S/C4H5N5/c1-2-8-6-4-5-7-9(8)3-1/h1,3-4H,2H2. The van der Waals surface area contributed by atoms with Crippen LogP contribution in [0.4, 0.5) is 0 Å². The molecule has 0 fully saturated rings. The van der Waals surface area contributed by atoms with Gasteiger partial charge in [-0.2, -0.15) is 5.12 Å². The largest absolute Gasteiger partial charge is 0.178 e. The summed E-state index contributed by atoms with van der Waals surface area (Å²) in [4.78, 5) is 0. The fraction of sp³-hybridized carbons (Fsp3) is 0.250. The zero-order valence-corrected chi connectivity index (χ0v) is 4.68. The lowest BCUT2D eigenvalue weighted by atomic mass is 10.7. The molecule has 5 nitrogen and oxygen atoms in total.